The normalized spacial score (nSPS) is 18.8. The Hall–Kier alpha value is -2.13. The molecule has 0 radical (unpaired) electrons. The van der Waals surface area contributed by atoms with Gasteiger partial charge in [-0.3, -0.25) is 9.59 Å². The summed E-state index contributed by atoms with van der Waals surface area (Å²) in [5.74, 6) is -4.08. The first-order valence-electron chi connectivity index (χ1n) is 7.78. The van der Waals surface area contributed by atoms with E-state index in [1.807, 2.05) is 0 Å². The van der Waals surface area contributed by atoms with Gasteiger partial charge in [0, 0.05) is 38.7 Å². The minimum Gasteiger partial charge on any atom is -0.382 e. The van der Waals surface area contributed by atoms with Crippen LogP contribution in [0.2, 0.25) is 0 Å². The maximum absolute atomic E-state index is 13.7. The SMILES string of the molecule is COC[C@@H]1C(=O)NCCN1C(=O)C[C@H](N)Cc1cc(F)c(F)cc1F. The van der Waals surface area contributed by atoms with Crippen molar-refractivity contribution >= 4 is 11.8 Å². The molecule has 2 atom stereocenters. The van der Waals surface area contributed by atoms with Gasteiger partial charge >= 0.3 is 0 Å². The number of piperazine rings is 1. The fraction of sp³-hybridized carbons (Fsp3) is 0.500. The maximum Gasteiger partial charge on any atom is 0.245 e. The van der Waals surface area contributed by atoms with E-state index in [4.69, 9.17) is 10.5 Å². The lowest BCUT2D eigenvalue weighted by molar-refractivity contribution is -0.145. The number of amides is 2. The topological polar surface area (TPSA) is 84.7 Å². The standard InChI is InChI=1S/C16H20F3N3O3/c1-25-8-14-16(24)21-2-3-22(14)15(23)6-10(20)4-9-5-12(18)13(19)7-11(9)17/h5,7,10,14H,2-4,6,8,20H2,1H3,(H,21,24)/t10-,14-/m1/s1. The molecular weight excluding hydrogens is 339 g/mol. The summed E-state index contributed by atoms with van der Waals surface area (Å²) in [4.78, 5) is 25.6. The first kappa shape index (κ1) is 19.2. The van der Waals surface area contributed by atoms with Gasteiger partial charge < -0.3 is 20.7 Å². The van der Waals surface area contributed by atoms with Gasteiger partial charge in [-0.25, -0.2) is 13.2 Å². The lowest BCUT2D eigenvalue weighted by Crippen LogP contribution is -2.59. The number of hydrogen-bond donors (Lipinski definition) is 2. The van der Waals surface area contributed by atoms with Crippen molar-refractivity contribution in [2.75, 3.05) is 26.8 Å². The number of nitrogens with two attached hydrogens (primary N) is 1. The van der Waals surface area contributed by atoms with Crippen LogP contribution in [0.25, 0.3) is 0 Å². The first-order valence-corrected chi connectivity index (χ1v) is 7.78. The van der Waals surface area contributed by atoms with Gasteiger partial charge in [-0.05, 0) is 18.1 Å². The second kappa shape index (κ2) is 8.30. The zero-order valence-electron chi connectivity index (χ0n) is 13.7. The molecule has 6 nitrogen and oxygen atoms in total. The molecule has 138 valence electrons. The third-order valence-corrected chi connectivity index (χ3v) is 3.98. The molecule has 1 heterocycles. The molecule has 0 unspecified atom stereocenters. The molecule has 1 aliphatic heterocycles. The minimum absolute atomic E-state index is 0.0462. The van der Waals surface area contributed by atoms with Crippen molar-refractivity contribution in [1.29, 1.82) is 0 Å². The van der Waals surface area contributed by atoms with Gasteiger partial charge in [0.2, 0.25) is 11.8 Å². The van der Waals surface area contributed by atoms with E-state index in [0.717, 1.165) is 6.07 Å². The predicted octanol–water partition coefficient (Wildman–Crippen LogP) is 0.337. The van der Waals surface area contributed by atoms with Gasteiger partial charge in [-0.2, -0.15) is 0 Å². The average molecular weight is 359 g/mol. The van der Waals surface area contributed by atoms with E-state index in [-0.39, 0.29) is 36.8 Å². The first-order chi connectivity index (χ1) is 11.8. The molecule has 25 heavy (non-hydrogen) atoms. The van der Waals surface area contributed by atoms with Crippen molar-refractivity contribution in [3.8, 4) is 0 Å². The highest BCUT2D eigenvalue weighted by Crippen LogP contribution is 2.16. The van der Waals surface area contributed by atoms with Gasteiger partial charge in [-0.1, -0.05) is 0 Å². The van der Waals surface area contributed by atoms with Crippen LogP contribution in [0.15, 0.2) is 12.1 Å². The zero-order chi connectivity index (χ0) is 18.6. The summed E-state index contributed by atoms with van der Waals surface area (Å²) in [6, 6.07) is -0.377. The summed E-state index contributed by atoms with van der Waals surface area (Å²) in [5.41, 5.74) is 5.75. The van der Waals surface area contributed by atoms with Crippen molar-refractivity contribution in [2.24, 2.45) is 5.73 Å². The molecule has 0 aliphatic carbocycles. The van der Waals surface area contributed by atoms with Crippen LogP contribution in [-0.4, -0.2) is 55.6 Å². The molecule has 0 saturated carbocycles. The van der Waals surface area contributed by atoms with E-state index in [1.54, 1.807) is 0 Å². The highest BCUT2D eigenvalue weighted by atomic mass is 19.2. The molecule has 2 rings (SSSR count). The quantitative estimate of drug-likeness (QED) is 0.718. The molecule has 1 aliphatic rings. The van der Waals surface area contributed by atoms with Crippen molar-refractivity contribution in [1.82, 2.24) is 10.2 Å². The van der Waals surface area contributed by atoms with Crippen LogP contribution in [0, 0.1) is 17.5 Å². The number of hydrogen-bond acceptors (Lipinski definition) is 4. The van der Waals surface area contributed by atoms with E-state index < -0.39 is 29.5 Å². The van der Waals surface area contributed by atoms with E-state index >= 15 is 0 Å². The van der Waals surface area contributed by atoms with Gasteiger partial charge in [0.25, 0.3) is 0 Å². The largest absolute Gasteiger partial charge is 0.382 e. The second-order valence-electron chi connectivity index (χ2n) is 5.88. The minimum atomic E-state index is -1.28. The monoisotopic (exact) mass is 359 g/mol. The lowest BCUT2D eigenvalue weighted by Gasteiger charge is -2.35. The number of carbonyl (C=O) groups is 2. The van der Waals surface area contributed by atoms with Crippen molar-refractivity contribution in [3.63, 3.8) is 0 Å². The summed E-state index contributed by atoms with van der Waals surface area (Å²) < 4.78 is 44.8. The Balaban J connectivity index is 2.01. The molecule has 0 bridgehead atoms. The highest BCUT2D eigenvalue weighted by molar-refractivity contribution is 5.89. The molecular formula is C16H20F3N3O3. The summed E-state index contributed by atoms with van der Waals surface area (Å²) in [5, 5.41) is 2.64. The molecule has 0 spiro atoms. The highest BCUT2D eigenvalue weighted by Gasteiger charge is 2.33. The number of benzene rings is 1. The van der Waals surface area contributed by atoms with Gasteiger partial charge in [0.05, 0.1) is 6.61 Å². The Morgan fingerprint density at radius 1 is 1.36 bits per heavy atom. The lowest BCUT2D eigenvalue weighted by atomic mass is 10.0. The summed E-state index contributed by atoms with van der Waals surface area (Å²) in [6.07, 6.45) is -0.296. The summed E-state index contributed by atoms with van der Waals surface area (Å²) in [7, 11) is 1.42. The van der Waals surface area contributed by atoms with E-state index in [9.17, 15) is 22.8 Å². The van der Waals surface area contributed by atoms with Crippen LogP contribution in [0.5, 0.6) is 0 Å². The molecule has 1 fully saturated rings. The van der Waals surface area contributed by atoms with Crippen LogP contribution in [0.3, 0.4) is 0 Å². The maximum atomic E-state index is 13.7. The van der Waals surface area contributed by atoms with Gasteiger partial charge in [-0.15, -0.1) is 0 Å². The molecule has 9 heteroatoms. The molecule has 1 aromatic carbocycles. The van der Waals surface area contributed by atoms with Crippen LogP contribution in [0.4, 0.5) is 13.2 Å². The molecule has 0 aromatic heterocycles. The second-order valence-corrected chi connectivity index (χ2v) is 5.88. The Bertz CT molecular complexity index is 657. The fourth-order valence-corrected chi connectivity index (χ4v) is 2.75. The van der Waals surface area contributed by atoms with E-state index in [0.29, 0.717) is 19.2 Å². The Morgan fingerprint density at radius 3 is 2.72 bits per heavy atom. The zero-order valence-corrected chi connectivity index (χ0v) is 13.7. The van der Waals surface area contributed by atoms with Crippen LogP contribution >= 0.6 is 0 Å². The number of nitrogens with one attached hydrogen (secondary N) is 1. The summed E-state index contributed by atoms with van der Waals surface area (Å²) in [6.45, 7) is 0.674. The summed E-state index contributed by atoms with van der Waals surface area (Å²) >= 11 is 0. The van der Waals surface area contributed by atoms with E-state index in [2.05, 4.69) is 5.32 Å². The number of halogens is 3. The fourth-order valence-electron chi connectivity index (χ4n) is 2.75. The Morgan fingerprint density at radius 2 is 2.04 bits per heavy atom. The molecule has 1 saturated heterocycles. The Labute approximate surface area is 143 Å². The number of ether oxygens (including phenoxy) is 1. The smallest absolute Gasteiger partial charge is 0.245 e. The van der Waals surface area contributed by atoms with Crippen molar-refractivity contribution < 1.29 is 27.5 Å². The number of carbonyl (C=O) groups excluding carboxylic acids is 2. The molecule has 2 amide bonds. The Kier molecular flexibility index (Phi) is 6.38. The molecule has 1 aromatic rings. The number of nitrogens with zero attached hydrogens (tertiary/aromatic N) is 1. The third kappa shape index (κ3) is 4.70. The van der Waals surface area contributed by atoms with E-state index in [1.165, 1.54) is 12.0 Å². The van der Waals surface area contributed by atoms with Crippen LogP contribution < -0.4 is 11.1 Å². The van der Waals surface area contributed by atoms with Gasteiger partial charge in [0.15, 0.2) is 11.6 Å². The third-order valence-electron chi connectivity index (χ3n) is 3.98. The number of methoxy groups -OCH3 is 1. The van der Waals surface area contributed by atoms with Crippen molar-refractivity contribution in [2.45, 2.75) is 24.9 Å². The predicted molar refractivity (Wildman–Crippen MR) is 83.0 cm³/mol. The van der Waals surface area contributed by atoms with Gasteiger partial charge in [0.1, 0.15) is 11.9 Å². The van der Waals surface area contributed by atoms with Crippen LogP contribution in [-0.2, 0) is 20.7 Å². The van der Waals surface area contributed by atoms with Crippen molar-refractivity contribution in [3.05, 3.63) is 35.1 Å². The number of rotatable bonds is 6. The molecule has 3 N–H and O–H groups in total. The average Bonchev–Trinajstić information content (AvgIpc) is 2.54. The van der Waals surface area contributed by atoms with Crippen LogP contribution in [0.1, 0.15) is 12.0 Å².